The van der Waals surface area contributed by atoms with Gasteiger partial charge in [0, 0.05) is 12.0 Å². The normalized spacial score (nSPS) is 27.3. The van der Waals surface area contributed by atoms with Crippen LogP contribution in [0.25, 0.3) is 0 Å². The van der Waals surface area contributed by atoms with Gasteiger partial charge in [-0.1, -0.05) is 42.0 Å². The van der Waals surface area contributed by atoms with E-state index in [0.717, 1.165) is 38.0 Å². The van der Waals surface area contributed by atoms with Gasteiger partial charge in [-0.25, -0.2) is 4.79 Å². The standard InChI is InChI=1S/C18H21NO3/c20-18(22-10-13-4-2-1-3-5-13)19-16-6-7-17(19)9-14(8-16)15-11-21-12-15/h1-5,8,15-17H,6-7,9-12H2. The first-order chi connectivity index (χ1) is 10.8. The third kappa shape index (κ3) is 2.52. The Morgan fingerprint density at radius 1 is 1.23 bits per heavy atom. The first-order valence-electron chi connectivity index (χ1n) is 8.08. The van der Waals surface area contributed by atoms with Crippen molar-refractivity contribution in [2.24, 2.45) is 5.92 Å². The zero-order valence-electron chi connectivity index (χ0n) is 12.6. The molecule has 0 spiro atoms. The number of ether oxygens (including phenoxy) is 2. The molecule has 2 unspecified atom stereocenters. The van der Waals surface area contributed by atoms with Crippen molar-refractivity contribution >= 4 is 6.09 Å². The molecule has 1 amide bonds. The molecule has 2 atom stereocenters. The van der Waals surface area contributed by atoms with E-state index in [-0.39, 0.29) is 12.1 Å². The average Bonchev–Trinajstić information content (AvgIpc) is 2.75. The largest absolute Gasteiger partial charge is 0.445 e. The van der Waals surface area contributed by atoms with Gasteiger partial charge in [-0.15, -0.1) is 0 Å². The van der Waals surface area contributed by atoms with E-state index in [4.69, 9.17) is 9.47 Å². The molecule has 2 saturated heterocycles. The summed E-state index contributed by atoms with van der Waals surface area (Å²) in [5.74, 6) is 0.589. The fourth-order valence-corrected chi connectivity index (χ4v) is 3.69. The number of hydrogen-bond donors (Lipinski definition) is 0. The highest BCUT2D eigenvalue weighted by atomic mass is 16.6. The van der Waals surface area contributed by atoms with Crippen molar-refractivity contribution in [2.45, 2.75) is 38.0 Å². The summed E-state index contributed by atoms with van der Waals surface area (Å²) in [5.41, 5.74) is 2.52. The fraction of sp³-hybridized carbons (Fsp3) is 0.500. The Morgan fingerprint density at radius 2 is 2.05 bits per heavy atom. The minimum atomic E-state index is -0.170. The molecule has 4 nitrogen and oxygen atoms in total. The van der Waals surface area contributed by atoms with Gasteiger partial charge in [0.15, 0.2) is 0 Å². The highest BCUT2D eigenvalue weighted by Gasteiger charge is 2.42. The molecule has 1 aromatic carbocycles. The second-order valence-corrected chi connectivity index (χ2v) is 6.43. The van der Waals surface area contributed by atoms with Crippen molar-refractivity contribution in [3.05, 3.63) is 47.5 Å². The Labute approximate surface area is 130 Å². The minimum Gasteiger partial charge on any atom is -0.445 e. The molecular weight excluding hydrogens is 278 g/mol. The van der Waals surface area contributed by atoms with Gasteiger partial charge in [0.2, 0.25) is 0 Å². The second kappa shape index (κ2) is 5.76. The van der Waals surface area contributed by atoms with Crippen LogP contribution < -0.4 is 0 Å². The lowest BCUT2D eigenvalue weighted by molar-refractivity contribution is -0.0176. The summed E-state index contributed by atoms with van der Waals surface area (Å²) in [4.78, 5) is 14.4. The van der Waals surface area contributed by atoms with Gasteiger partial charge in [-0.3, -0.25) is 4.90 Å². The summed E-state index contributed by atoms with van der Waals surface area (Å²) in [7, 11) is 0. The third-order valence-electron chi connectivity index (χ3n) is 5.00. The van der Waals surface area contributed by atoms with Crippen LogP contribution in [0.3, 0.4) is 0 Å². The lowest BCUT2D eigenvalue weighted by atomic mass is 9.89. The molecule has 4 rings (SSSR count). The van der Waals surface area contributed by atoms with Gasteiger partial charge in [0.1, 0.15) is 6.61 Å². The first-order valence-corrected chi connectivity index (χ1v) is 8.08. The fourth-order valence-electron chi connectivity index (χ4n) is 3.69. The van der Waals surface area contributed by atoms with Crippen molar-refractivity contribution in [3.63, 3.8) is 0 Å². The van der Waals surface area contributed by atoms with Crippen LogP contribution in [0.4, 0.5) is 4.79 Å². The molecule has 0 N–H and O–H groups in total. The Kier molecular flexibility index (Phi) is 3.62. The Morgan fingerprint density at radius 3 is 2.73 bits per heavy atom. The lowest BCUT2D eigenvalue weighted by Gasteiger charge is -2.37. The topological polar surface area (TPSA) is 38.8 Å². The summed E-state index contributed by atoms with van der Waals surface area (Å²) in [6.45, 7) is 2.05. The number of carbonyl (C=O) groups is 1. The van der Waals surface area contributed by atoms with Crippen molar-refractivity contribution < 1.29 is 14.3 Å². The number of fused-ring (bicyclic) bond motifs is 2. The van der Waals surface area contributed by atoms with Crippen molar-refractivity contribution in [3.8, 4) is 0 Å². The van der Waals surface area contributed by atoms with Crippen LogP contribution in [0.15, 0.2) is 42.0 Å². The average molecular weight is 299 g/mol. The van der Waals surface area contributed by atoms with Crippen LogP contribution in [-0.4, -0.2) is 36.3 Å². The number of rotatable bonds is 3. The lowest BCUT2D eigenvalue weighted by Crippen LogP contribution is -2.45. The first kappa shape index (κ1) is 13.8. The summed E-state index contributed by atoms with van der Waals surface area (Å²) >= 11 is 0. The molecular formula is C18H21NO3. The van der Waals surface area contributed by atoms with E-state index in [0.29, 0.717) is 18.6 Å². The Balaban J connectivity index is 1.40. The van der Waals surface area contributed by atoms with E-state index in [1.54, 1.807) is 0 Å². The maximum Gasteiger partial charge on any atom is 0.410 e. The SMILES string of the molecule is O=C(OCc1ccccc1)N1C2C=C(C3COC3)CC1CC2. The highest BCUT2D eigenvalue weighted by Crippen LogP contribution is 2.39. The summed E-state index contributed by atoms with van der Waals surface area (Å²) < 4.78 is 10.8. The van der Waals surface area contributed by atoms with Crippen molar-refractivity contribution in [1.29, 1.82) is 0 Å². The van der Waals surface area contributed by atoms with E-state index in [1.807, 2.05) is 35.2 Å². The zero-order valence-corrected chi connectivity index (χ0v) is 12.6. The molecule has 3 aliphatic rings. The number of nitrogens with zero attached hydrogens (tertiary/aromatic N) is 1. The monoisotopic (exact) mass is 299 g/mol. The Hall–Kier alpha value is -1.81. The molecule has 1 aromatic rings. The molecule has 0 aliphatic carbocycles. The predicted octanol–water partition coefficient (Wildman–Crippen LogP) is 3.13. The highest BCUT2D eigenvalue weighted by molar-refractivity contribution is 5.70. The molecule has 0 saturated carbocycles. The molecule has 0 radical (unpaired) electrons. The third-order valence-corrected chi connectivity index (χ3v) is 5.00. The van der Waals surface area contributed by atoms with Gasteiger partial charge < -0.3 is 9.47 Å². The molecule has 2 fully saturated rings. The van der Waals surface area contributed by atoms with E-state index >= 15 is 0 Å². The molecule has 3 heterocycles. The van der Waals surface area contributed by atoms with Gasteiger partial charge in [-0.2, -0.15) is 0 Å². The van der Waals surface area contributed by atoms with Crippen LogP contribution in [0.1, 0.15) is 24.8 Å². The maximum atomic E-state index is 12.4. The van der Waals surface area contributed by atoms with E-state index in [1.165, 1.54) is 5.57 Å². The van der Waals surface area contributed by atoms with Gasteiger partial charge in [0.05, 0.1) is 19.3 Å². The molecule has 22 heavy (non-hydrogen) atoms. The van der Waals surface area contributed by atoms with Crippen LogP contribution in [0.2, 0.25) is 0 Å². The maximum absolute atomic E-state index is 12.4. The van der Waals surface area contributed by atoms with Crippen molar-refractivity contribution in [2.75, 3.05) is 13.2 Å². The number of benzene rings is 1. The van der Waals surface area contributed by atoms with Crippen LogP contribution in [0.5, 0.6) is 0 Å². The quantitative estimate of drug-likeness (QED) is 0.805. The van der Waals surface area contributed by atoms with Crippen LogP contribution in [-0.2, 0) is 16.1 Å². The molecule has 116 valence electrons. The van der Waals surface area contributed by atoms with E-state index < -0.39 is 0 Å². The van der Waals surface area contributed by atoms with Gasteiger partial charge in [0.25, 0.3) is 0 Å². The summed E-state index contributed by atoms with van der Waals surface area (Å²) in [5, 5.41) is 0. The second-order valence-electron chi connectivity index (χ2n) is 6.43. The van der Waals surface area contributed by atoms with Gasteiger partial charge in [-0.05, 0) is 24.8 Å². The molecule has 3 aliphatic heterocycles. The number of amides is 1. The molecule has 4 heteroatoms. The molecule has 2 bridgehead atoms. The number of carbonyl (C=O) groups excluding carboxylic acids is 1. The van der Waals surface area contributed by atoms with E-state index in [9.17, 15) is 4.79 Å². The number of hydrogen-bond acceptors (Lipinski definition) is 3. The smallest absolute Gasteiger partial charge is 0.410 e. The van der Waals surface area contributed by atoms with Crippen LogP contribution >= 0.6 is 0 Å². The van der Waals surface area contributed by atoms with Crippen molar-refractivity contribution in [1.82, 2.24) is 4.90 Å². The Bertz CT molecular complexity index is 579. The molecule has 0 aromatic heterocycles. The zero-order chi connectivity index (χ0) is 14.9. The predicted molar refractivity (Wildman–Crippen MR) is 82.3 cm³/mol. The minimum absolute atomic E-state index is 0.170. The summed E-state index contributed by atoms with van der Waals surface area (Å²) in [6, 6.07) is 10.4. The van der Waals surface area contributed by atoms with E-state index in [2.05, 4.69) is 6.08 Å². The summed E-state index contributed by atoms with van der Waals surface area (Å²) in [6.07, 6.45) is 5.25. The van der Waals surface area contributed by atoms with Gasteiger partial charge >= 0.3 is 6.09 Å². The van der Waals surface area contributed by atoms with Crippen LogP contribution in [0, 0.1) is 5.92 Å².